The molecule has 0 bridgehead atoms. The van der Waals surface area contributed by atoms with Crippen molar-refractivity contribution in [2.75, 3.05) is 0 Å². The fourth-order valence-corrected chi connectivity index (χ4v) is 6.90. The molecule has 7 nitrogen and oxygen atoms in total. The first-order valence-electron chi connectivity index (χ1n) is 1.58. The van der Waals surface area contributed by atoms with E-state index in [4.69, 9.17) is 3.47 Å². The first-order valence-corrected chi connectivity index (χ1v) is 9.76. The van der Waals surface area contributed by atoms with Crippen LogP contribution in [0.1, 0.15) is 0 Å². The van der Waals surface area contributed by atoms with E-state index in [0.29, 0.717) is 0 Å². The summed E-state index contributed by atoms with van der Waals surface area (Å²) < 4.78 is 54.6. The van der Waals surface area contributed by atoms with Gasteiger partial charge in [0.25, 0.3) is 0 Å². The van der Waals surface area contributed by atoms with Gasteiger partial charge in [-0.3, -0.25) is 0 Å². The minimum absolute atomic E-state index is 1.30. The predicted octanol–water partition coefficient (Wildman–Crippen LogP) is -1.60. The SMILES string of the molecule is O=[Te](=O)(O)O[Te](=O)(=O)OP. The summed E-state index contributed by atoms with van der Waals surface area (Å²) in [5.41, 5.74) is 0. The molecule has 0 aromatic rings. The minimum atomic E-state index is -5.97. The van der Waals surface area contributed by atoms with E-state index in [2.05, 4.69) is 4.35 Å². The Morgan fingerprint density at radius 1 is 1.20 bits per heavy atom. The first-order chi connectivity index (χ1) is 4.27. The predicted molar refractivity (Wildman–Crippen MR) is 28.4 cm³/mol. The van der Waals surface area contributed by atoms with Crippen LogP contribution in [0.4, 0.5) is 0 Å². The van der Waals surface area contributed by atoms with Crippen molar-refractivity contribution in [3.63, 3.8) is 0 Å². The molecule has 0 aromatic heterocycles. The maximum absolute atomic E-state index is 10.1. The molecule has 0 aliphatic rings. The summed E-state index contributed by atoms with van der Waals surface area (Å²) in [5, 5.41) is 0. The van der Waals surface area contributed by atoms with Crippen LogP contribution in [0.15, 0.2) is 0 Å². The van der Waals surface area contributed by atoms with Crippen LogP contribution in [0.5, 0.6) is 0 Å². The Kier molecular flexibility index (Phi) is 4.06. The molecule has 1 atom stereocenters. The molecule has 62 valence electrons. The van der Waals surface area contributed by atoms with Crippen molar-refractivity contribution >= 4 is 47.4 Å². The van der Waals surface area contributed by atoms with Crippen molar-refractivity contribution < 1.29 is 20.2 Å². The van der Waals surface area contributed by atoms with Gasteiger partial charge >= 0.3 is 67.7 Å². The van der Waals surface area contributed by atoms with Gasteiger partial charge in [-0.15, -0.1) is 0 Å². The van der Waals surface area contributed by atoms with Crippen molar-refractivity contribution in [1.82, 2.24) is 0 Å². The second-order valence-electron chi connectivity index (χ2n) is 1.00. The van der Waals surface area contributed by atoms with Gasteiger partial charge in [0, 0.05) is 0 Å². The molecule has 10 heteroatoms. The Balaban J connectivity index is 4.49. The summed E-state index contributed by atoms with van der Waals surface area (Å²) in [7, 11) is 1.30. The van der Waals surface area contributed by atoms with Crippen LogP contribution in [0, 0.1) is 0 Å². The van der Waals surface area contributed by atoms with Gasteiger partial charge in [0.05, 0.1) is 0 Å². The molecule has 0 amide bonds. The van der Waals surface area contributed by atoms with Crippen LogP contribution in [0.2, 0.25) is 0 Å². The Bertz CT molecular complexity index is 280. The Morgan fingerprint density at radius 3 is 1.70 bits per heavy atom. The van der Waals surface area contributed by atoms with Crippen LogP contribution >= 0.6 is 9.47 Å². The average Bonchev–Trinajstić information content (AvgIpc) is 1.60. The van der Waals surface area contributed by atoms with Gasteiger partial charge in [-0.25, -0.2) is 0 Å². The van der Waals surface area contributed by atoms with E-state index in [9.17, 15) is 12.4 Å². The van der Waals surface area contributed by atoms with Gasteiger partial charge in [-0.1, -0.05) is 0 Å². The van der Waals surface area contributed by atoms with E-state index < -0.39 is 37.9 Å². The zero-order chi connectivity index (χ0) is 8.41. The molecule has 1 unspecified atom stereocenters. The number of hydrogen-bond acceptors (Lipinski definition) is 6. The third-order valence-electron chi connectivity index (χ3n) is 0.287. The van der Waals surface area contributed by atoms with Gasteiger partial charge in [-0.05, 0) is 0 Å². The molecule has 0 rings (SSSR count). The topological polar surface area (TPSA) is 107 Å². The second kappa shape index (κ2) is 3.66. The second-order valence-corrected chi connectivity index (χ2v) is 10.6. The van der Waals surface area contributed by atoms with E-state index >= 15 is 0 Å². The van der Waals surface area contributed by atoms with Crippen LogP contribution in [0.3, 0.4) is 0 Å². The molecule has 0 heterocycles. The van der Waals surface area contributed by atoms with Crippen molar-refractivity contribution in [3.8, 4) is 0 Å². The van der Waals surface area contributed by atoms with Gasteiger partial charge in [0.1, 0.15) is 0 Å². The molecular weight excluding hydrogens is 398 g/mol. The van der Waals surface area contributed by atoms with Gasteiger partial charge in [0.15, 0.2) is 0 Å². The van der Waals surface area contributed by atoms with E-state index in [1.165, 1.54) is 9.47 Å². The molecule has 1 N–H and O–H groups in total. The molecule has 0 aromatic carbocycles. The average molecular weight is 401 g/mol. The van der Waals surface area contributed by atoms with E-state index in [-0.39, 0.29) is 0 Å². The van der Waals surface area contributed by atoms with Crippen molar-refractivity contribution in [2.45, 2.75) is 0 Å². The zero-order valence-corrected chi connectivity index (χ0v) is 10.1. The van der Waals surface area contributed by atoms with E-state index in [1.54, 1.807) is 0 Å². The molecule has 0 fully saturated rings. The van der Waals surface area contributed by atoms with Crippen LogP contribution in [0.25, 0.3) is 0 Å². The van der Waals surface area contributed by atoms with Gasteiger partial charge < -0.3 is 0 Å². The molecule has 0 radical (unpaired) electrons. The summed E-state index contributed by atoms with van der Waals surface area (Å²) in [4.78, 5) is 0. The molecular formula is H3O7PTe2. The third-order valence-corrected chi connectivity index (χ3v) is 9.99. The normalized spacial score (nSPS) is 13.4. The Morgan fingerprint density at radius 2 is 1.60 bits per heavy atom. The monoisotopic (exact) mass is 406 g/mol. The van der Waals surface area contributed by atoms with Crippen LogP contribution < -0.4 is 0 Å². The van der Waals surface area contributed by atoms with Crippen molar-refractivity contribution in [2.24, 2.45) is 0 Å². The van der Waals surface area contributed by atoms with Gasteiger partial charge in [-0.2, -0.15) is 0 Å². The summed E-state index contributed by atoms with van der Waals surface area (Å²) in [6.07, 6.45) is 0. The summed E-state index contributed by atoms with van der Waals surface area (Å²) in [6.45, 7) is 0. The number of rotatable bonds is 3. The van der Waals surface area contributed by atoms with Crippen LogP contribution in [-0.4, -0.2) is 41.4 Å². The molecule has 0 saturated carbocycles. The van der Waals surface area contributed by atoms with Crippen molar-refractivity contribution in [1.29, 1.82) is 0 Å². The molecule has 0 saturated heterocycles. The van der Waals surface area contributed by atoms with E-state index in [0.717, 1.165) is 0 Å². The molecule has 0 aliphatic carbocycles. The fourth-order valence-electron chi connectivity index (χ4n) is 0.121. The molecule has 0 aliphatic heterocycles. The quantitative estimate of drug-likeness (QED) is 0.448. The Labute approximate surface area is 67.3 Å². The van der Waals surface area contributed by atoms with E-state index in [1.807, 2.05) is 0 Å². The zero-order valence-electron chi connectivity index (χ0n) is 4.29. The fraction of sp³-hybridized carbons (Fsp3) is 0. The standard InChI is InChI=1S/H3O7PTe2/c1-9(2,3)7-10(4,5)6-8/h8H2,(H,1,2,3). The summed E-state index contributed by atoms with van der Waals surface area (Å²) in [5.74, 6) is 0. The van der Waals surface area contributed by atoms with Gasteiger partial charge in [0.2, 0.25) is 0 Å². The van der Waals surface area contributed by atoms with Crippen molar-refractivity contribution in [3.05, 3.63) is 0 Å². The molecule has 0 spiro atoms. The molecule has 10 heavy (non-hydrogen) atoms. The Hall–Kier alpha value is 1.09. The summed E-state index contributed by atoms with van der Waals surface area (Å²) in [6, 6.07) is 0. The third kappa shape index (κ3) is 5.84. The maximum atomic E-state index is 10.1. The summed E-state index contributed by atoms with van der Waals surface area (Å²) >= 11 is -11.6. The first kappa shape index (κ1) is 11.1. The van der Waals surface area contributed by atoms with Crippen LogP contribution in [-0.2, 0) is 16.8 Å². The number of hydrogen-bond donors (Lipinski definition) is 1.